The largest absolute Gasteiger partial charge is 0.392 e. The van der Waals surface area contributed by atoms with E-state index in [2.05, 4.69) is 20.8 Å². The summed E-state index contributed by atoms with van der Waals surface area (Å²) in [5.74, 6) is -0.0301. The van der Waals surface area contributed by atoms with Gasteiger partial charge in [-0.15, -0.1) is 0 Å². The van der Waals surface area contributed by atoms with Crippen LogP contribution < -0.4 is 0 Å². The number of rotatable bonds is 0. The number of fused-ring (bicyclic) bond motifs is 4. The molecule has 2 aliphatic carbocycles. The second-order valence-electron chi connectivity index (χ2n) is 7.68. The average Bonchev–Trinajstić information content (AvgIpc) is 2.75. The summed E-state index contributed by atoms with van der Waals surface area (Å²) < 4.78 is 12.5. The SMILES string of the molecule is CC12COC(C)(O1)C13CC2CCC1(C)CCC3O. The first-order chi connectivity index (χ1) is 8.35. The minimum absolute atomic E-state index is 0.121. The standard InChI is InChI=1S/C15H24O3/c1-12-6-4-10-8-15(12,11(16)5-7-12)14(3)17-9-13(10,2)18-14/h10-11,16H,4-9H2,1-3H3. The molecule has 4 aliphatic rings. The third-order valence-corrected chi connectivity index (χ3v) is 6.96. The zero-order valence-electron chi connectivity index (χ0n) is 11.7. The van der Waals surface area contributed by atoms with Crippen molar-refractivity contribution in [3.63, 3.8) is 0 Å². The van der Waals surface area contributed by atoms with Crippen LogP contribution in [0.3, 0.4) is 0 Å². The second kappa shape index (κ2) is 2.97. The lowest BCUT2D eigenvalue weighted by Gasteiger charge is -2.62. The van der Waals surface area contributed by atoms with E-state index in [1.807, 2.05) is 0 Å². The Labute approximate surface area is 109 Å². The van der Waals surface area contributed by atoms with Crippen LogP contribution in [-0.4, -0.2) is 29.2 Å². The summed E-state index contributed by atoms with van der Waals surface area (Å²) >= 11 is 0. The van der Waals surface area contributed by atoms with Crippen molar-refractivity contribution in [2.24, 2.45) is 16.7 Å². The summed E-state index contributed by atoms with van der Waals surface area (Å²) in [5, 5.41) is 10.7. The van der Waals surface area contributed by atoms with Gasteiger partial charge in [-0.05, 0) is 57.3 Å². The maximum atomic E-state index is 10.7. The van der Waals surface area contributed by atoms with Crippen molar-refractivity contribution in [3.8, 4) is 0 Å². The minimum Gasteiger partial charge on any atom is -0.392 e. The first-order valence-corrected chi connectivity index (χ1v) is 7.38. The summed E-state index contributed by atoms with van der Waals surface area (Å²) in [7, 11) is 0. The third kappa shape index (κ3) is 0.981. The van der Waals surface area contributed by atoms with Crippen LogP contribution in [0.4, 0.5) is 0 Å². The molecule has 3 heteroatoms. The van der Waals surface area contributed by atoms with Gasteiger partial charge in [-0.1, -0.05) is 6.92 Å². The number of hydrogen-bond donors (Lipinski definition) is 1. The quantitative estimate of drug-likeness (QED) is 0.720. The molecule has 2 heterocycles. The molecule has 0 radical (unpaired) electrons. The molecule has 4 rings (SSSR count). The van der Waals surface area contributed by atoms with E-state index in [1.165, 1.54) is 12.8 Å². The molecule has 4 bridgehead atoms. The topological polar surface area (TPSA) is 38.7 Å². The van der Waals surface area contributed by atoms with Crippen molar-refractivity contribution in [1.82, 2.24) is 0 Å². The Kier molecular flexibility index (Phi) is 1.93. The first kappa shape index (κ1) is 11.7. The Bertz CT molecular complexity index is 411. The fourth-order valence-electron chi connectivity index (χ4n) is 5.80. The van der Waals surface area contributed by atoms with Crippen LogP contribution in [0, 0.1) is 16.7 Å². The highest BCUT2D eigenvalue weighted by Gasteiger charge is 2.76. The first-order valence-electron chi connectivity index (χ1n) is 7.38. The van der Waals surface area contributed by atoms with Crippen LogP contribution in [0.5, 0.6) is 0 Å². The molecule has 2 saturated carbocycles. The molecular weight excluding hydrogens is 228 g/mol. The third-order valence-electron chi connectivity index (χ3n) is 6.96. The summed E-state index contributed by atoms with van der Waals surface area (Å²) in [6.07, 6.45) is 5.27. The summed E-state index contributed by atoms with van der Waals surface area (Å²) in [5.41, 5.74) is -0.119. The normalized spacial score (nSPS) is 66.0. The van der Waals surface area contributed by atoms with E-state index >= 15 is 0 Å². The van der Waals surface area contributed by atoms with Gasteiger partial charge in [0, 0.05) is 0 Å². The lowest BCUT2D eigenvalue weighted by atomic mass is 9.49. The fourth-order valence-corrected chi connectivity index (χ4v) is 5.80. The minimum atomic E-state index is -0.580. The van der Waals surface area contributed by atoms with Crippen LogP contribution in [0.1, 0.15) is 52.9 Å². The van der Waals surface area contributed by atoms with Gasteiger partial charge >= 0.3 is 0 Å². The molecule has 102 valence electrons. The van der Waals surface area contributed by atoms with E-state index in [0.29, 0.717) is 12.5 Å². The molecule has 0 aromatic rings. The van der Waals surface area contributed by atoms with Crippen molar-refractivity contribution >= 4 is 0 Å². The zero-order chi connectivity index (χ0) is 12.8. The van der Waals surface area contributed by atoms with Gasteiger partial charge in [0.15, 0.2) is 5.79 Å². The summed E-state index contributed by atoms with van der Waals surface area (Å²) in [6.45, 7) is 7.31. The Morgan fingerprint density at radius 1 is 1.11 bits per heavy atom. The molecule has 0 aromatic carbocycles. The molecule has 0 aromatic heterocycles. The summed E-state index contributed by atoms with van der Waals surface area (Å²) in [4.78, 5) is 0. The number of aliphatic hydroxyl groups is 1. The average molecular weight is 252 g/mol. The second-order valence-corrected chi connectivity index (χ2v) is 7.68. The lowest BCUT2D eigenvalue weighted by molar-refractivity contribution is -0.340. The van der Waals surface area contributed by atoms with E-state index in [0.717, 1.165) is 19.3 Å². The van der Waals surface area contributed by atoms with Crippen LogP contribution >= 0.6 is 0 Å². The number of ether oxygens (including phenoxy) is 2. The van der Waals surface area contributed by atoms with Gasteiger partial charge in [0.05, 0.1) is 23.7 Å². The van der Waals surface area contributed by atoms with Gasteiger partial charge in [-0.3, -0.25) is 0 Å². The van der Waals surface area contributed by atoms with Crippen LogP contribution in [0.25, 0.3) is 0 Å². The molecule has 18 heavy (non-hydrogen) atoms. The van der Waals surface area contributed by atoms with E-state index in [1.54, 1.807) is 0 Å². The molecule has 3 nitrogen and oxygen atoms in total. The highest BCUT2D eigenvalue weighted by molar-refractivity contribution is 5.20. The Balaban J connectivity index is 1.91. The van der Waals surface area contributed by atoms with Crippen molar-refractivity contribution in [3.05, 3.63) is 0 Å². The molecule has 4 fully saturated rings. The molecule has 1 N–H and O–H groups in total. The Hall–Kier alpha value is -0.120. The molecular formula is C15H24O3. The summed E-state index contributed by atoms with van der Waals surface area (Å²) in [6, 6.07) is 0. The predicted molar refractivity (Wildman–Crippen MR) is 67.0 cm³/mol. The molecule has 1 spiro atoms. The van der Waals surface area contributed by atoms with Gasteiger partial charge in [0.2, 0.25) is 0 Å². The Morgan fingerprint density at radius 3 is 2.61 bits per heavy atom. The van der Waals surface area contributed by atoms with Gasteiger partial charge in [-0.2, -0.15) is 0 Å². The van der Waals surface area contributed by atoms with Gasteiger partial charge < -0.3 is 14.6 Å². The molecule has 6 unspecified atom stereocenters. The van der Waals surface area contributed by atoms with Crippen LogP contribution in [0.2, 0.25) is 0 Å². The van der Waals surface area contributed by atoms with E-state index in [4.69, 9.17) is 9.47 Å². The smallest absolute Gasteiger partial charge is 0.175 e. The van der Waals surface area contributed by atoms with Crippen molar-refractivity contribution in [2.75, 3.05) is 6.61 Å². The number of hydrogen-bond acceptors (Lipinski definition) is 3. The zero-order valence-corrected chi connectivity index (χ0v) is 11.7. The van der Waals surface area contributed by atoms with Crippen molar-refractivity contribution in [2.45, 2.75) is 70.4 Å². The van der Waals surface area contributed by atoms with E-state index in [9.17, 15) is 5.11 Å². The van der Waals surface area contributed by atoms with Crippen LogP contribution in [-0.2, 0) is 9.47 Å². The number of aliphatic hydroxyl groups excluding tert-OH is 1. The Morgan fingerprint density at radius 2 is 1.83 bits per heavy atom. The van der Waals surface area contributed by atoms with E-state index in [-0.39, 0.29) is 22.5 Å². The van der Waals surface area contributed by atoms with Gasteiger partial charge in [-0.25, -0.2) is 0 Å². The fraction of sp³-hybridized carbons (Fsp3) is 1.00. The molecule has 2 aliphatic heterocycles. The molecule has 6 atom stereocenters. The van der Waals surface area contributed by atoms with Crippen LogP contribution in [0.15, 0.2) is 0 Å². The monoisotopic (exact) mass is 252 g/mol. The molecule has 0 amide bonds. The predicted octanol–water partition coefficient (Wildman–Crippen LogP) is 2.47. The highest BCUT2D eigenvalue weighted by atomic mass is 16.8. The highest BCUT2D eigenvalue weighted by Crippen LogP contribution is 2.73. The lowest BCUT2D eigenvalue weighted by Crippen LogP contribution is -2.66. The maximum Gasteiger partial charge on any atom is 0.175 e. The maximum absolute atomic E-state index is 10.7. The van der Waals surface area contributed by atoms with Gasteiger partial charge in [0.25, 0.3) is 0 Å². The van der Waals surface area contributed by atoms with E-state index < -0.39 is 5.79 Å². The van der Waals surface area contributed by atoms with Gasteiger partial charge in [0.1, 0.15) is 0 Å². The molecule has 2 saturated heterocycles. The van der Waals surface area contributed by atoms with Crippen molar-refractivity contribution < 1.29 is 14.6 Å². The van der Waals surface area contributed by atoms with Crippen molar-refractivity contribution in [1.29, 1.82) is 0 Å².